The van der Waals surface area contributed by atoms with Gasteiger partial charge in [-0.2, -0.15) is 0 Å². The molecule has 0 amide bonds. The molecule has 1 unspecified atom stereocenters. The standard InChI is InChI=1S/C16H19N7O2S/c1-26(24,25)23-6-2-3-11(9-23)21-15-12(7-17-10-20-15)14-8-19-16-13(22-14)4-5-18-16/h4-5,7-8,10-11H,2-3,6,9H2,1H3,(H,18,19)(H,17,20,21). The fourth-order valence-electron chi connectivity index (χ4n) is 3.15. The number of rotatable bonds is 4. The van der Waals surface area contributed by atoms with Crippen molar-refractivity contribution in [3.05, 3.63) is 31.0 Å². The Bertz CT molecular complexity index is 1030. The van der Waals surface area contributed by atoms with Crippen molar-refractivity contribution in [2.75, 3.05) is 24.7 Å². The summed E-state index contributed by atoms with van der Waals surface area (Å²) in [5, 5.41) is 3.36. The van der Waals surface area contributed by atoms with Crippen LogP contribution in [0, 0.1) is 0 Å². The average Bonchev–Trinajstić information content (AvgIpc) is 3.09. The van der Waals surface area contributed by atoms with Gasteiger partial charge in [0.2, 0.25) is 10.0 Å². The smallest absolute Gasteiger partial charge is 0.211 e. The second-order valence-electron chi connectivity index (χ2n) is 6.36. The van der Waals surface area contributed by atoms with Crippen LogP contribution in [0.2, 0.25) is 0 Å². The summed E-state index contributed by atoms with van der Waals surface area (Å²) < 4.78 is 25.1. The molecule has 1 aliphatic rings. The number of hydrogen-bond donors (Lipinski definition) is 2. The van der Waals surface area contributed by atoms with Gasteiger partial charge in [-0.3, -0.25) is 0 Å². The average molecular weight is 373 g/mol. The van der Waals surface area contributed by atoms with E-state index in [-0.39, 0.29) is 6.04 Å². The molecule has 9 nitrogen and oxygen atoms in total. The molecule has 0 aromatic carbocycles. The quantitative estimate of drug-likeness (QED) is 0.707. The number of aromatic amines is 1. The Morgan fingerprint density at radius 3 is 3.04 bits per heavy atom. The molecule has 4 rings (SSSR count). The first-order chi connectivity index (χ1) is 12.5. The SMILES string of the molecule is CS(=O)(=O)N1CCCC(Nc2ncncc2-c2cnc3[nH]ccc3n2)C1. The molecule has 0 bridgehead atoms. The van der Waals surface area contributed by atoms with E-state index < -0.39 is 10.0 Å². The highest BCUT2D eigenvalue weighted by Crippen LogP contribution is 2.26. The lowest BCUT2D eigenvalue weighted by Gasteiger charge is -2.32. The number of hydrogen-bond acceptors (Lipinski definition) is 7. The number of nitrogens with one attached hydrogen (secondary N) is 2. The van der Waals surface area contributed by atoms with E-state index in [4.69, 9.17) is 0 Å². The molecule has 4 heterocycles. The van der Waals surface area contributed by atoms with E-state index in [2.05, 4.69) is 30.2 Å². The van der Waals surface area contributed by atoms with Gasteiger partial charge in [-0.15, -0.1) is 0 Å². The third-order valence-corrected chi connectivity index (χ3v) is 5.71. The van der Waals surface area contributed by atoms with E-state index in [1.54, 1.807) is 18.6 Å². The lowest BCUT2D eigenvalue weighted by atomic mass is 10.1. The molecule has 1 aliphatic heterocycles. The van der Waals surface area contributed by atoms with Crippen LogP contribution in [-0.2, 0) is 10.0 Å². The second-order valence-corrected chi connectivity index (χ2v) is 8.34. The number of fused-ring (bicyclic) bond motifs is 1. The minimum atomic E-state index is -3.20. The Labute approximate surface area is 151 Å². The molecule has 3 aromatic rings. The summed E-state index contributed by atoms with van der Waals surface area (Å²) >= 11 is 0. The van der Waals surface area contributed by atoms with Crippen LogP contribution in [0.1, 0.15) is 12.8 Å². The summed E-state index contributed by atoms with van der Waals surface area (Å²) in [4.78, 5) is 20.4. The van der Waals surface area contributed by atoms with Crippen LogP contribution in [-0.4, -0.2) is 63.0 Å². The molecule has 0 saturated carbocycles. The molecule has 10 heteroatoms. The molecule has 1 saturated heterocycles. The highest BCUT2D eigenvalue weighted by molar-refractivity contribution is 7.88. The normalized spacial score (nSPS) is 18.9. The number of nitrogens with zero attached hydrogens (tertiary/aromatic N) is 5. The zero-order valence-corrected chi connectivity index (χ0v) is 15.1. The van der Waals surface area contributed by atoms with Gasteiger partial charge in [-0.1, -0.05) is 0 Å². The Morgan fingerprint density at radius 2 is 2.19 bits per heavy atom. The molecular weight excluding hydrogens is 354 g/mol. The summed E-state index contributed by atoms with van der Waals surface area (Å²) in [7, 11) is -3.20. The van der Waals surface area contributed by atoms with Gasteiger partial charge >= 0.3 is 0 Å². The number of sulfonamides is 1. The van der Waals surface area contributed by atoms with Gasteiger partial charge in [-0.05, 0) is 18.9 Å². The van der Waals surface area contributed by atoms with E-state index in [0.717, 1.165) is 29.6 Å². The predicted octanol–water partition coefficient (Wildman–Crippen LogP) is 1.25. The maximum atomic E-state index is 11.8. The molecule has 2 N–H and O–H groups in total. The first-order valence-electron chi connectivity index (χ1n) is 8.33. The van der Waals surface area contributed by atoms with E-state index in [9.17, 15) is 8.42 Å². The first kappa shape index (κ1) is 16.9. The number of piperidine rings is 1. The number of anilines is 1. The molecule has 136 valence electrons. The van der Waals surface area contributed by atoms with Crippen LogP contribution in [0.15, 0.2) is 31.0 Å². The van der Waals surface area contributed by atoms with E-state index in [1.165, 1.54) is 16.9 Å². The van der Waals surface area contributed by atoms with Crippen molar-refractivity contribution in [3.8, 4) is 11.3 Å². The van der Waals surface area contributed by atoms with Gasteiger partial charge in [0.15, 0.2) is 5.65 Å². The molecule has 26 heavy (non-hydrogen) atoms. The lowest BCUT2D eigenvalue weighted by Crippen LogP contribution is -2.44. The third kappa shape index (κ3) is 3.37. The predicted molar refractivity (Wildman–Crippen MR) is 98.0 cm³/mol. The highest BCUT2D eigenvalue weighted by Gasteiger charge is 2.26. The zero-order chi connectivity index (χ0) is 18.1. The number of aromatic nitrogens is 5. The molecular formula is C16H19N7O2S. The summed E-state index contributed by atoms with van der Waals surface area (Å²) in [6, 6.07) is 1.84. The van der Waals surface area contributed by atoms with E-state index in [1.807, 2.05) is 6.07 Å². The minimum absolute atomic E-state index is 0.0175. The maximum absolute atomic E-state index is 11.8. The summed E-state index contributed by atoms with van der Waals surface area (Å²) in [6.45, 7) is 0.980. The van der Waals surface area contributed by atoms with Crippen molar-refractivity contribution in [2.45, 2.75) is 18.9 Å². The van der Waals surface area contributed by atoms with Crippen LogP contribution in [0.5, 0.6) is 0 Å². The highest BCUT2D eigenvalue weighted by atomic mass is 32.2. The van der Waals surface area contributed by atoms with Crippen molar-refractivity contribution in [1.82, 2.24) is 29.2 Å². The molecule has 1 atom stereocenters. The van der Waals surface area contributed by atoms with Crippen LogP contribution < -0.4 is 5.32 Å². The molecule has 0 radical (unpaired) electrons. The van der Waals surface area contributed by atoms with Crippen molar-refractivity contribution < 1.29 is 8.42 Å². The second kappa shape index (κ2) is 6.61. The molecule has 1 fully saturated rings. The van der Waals surface area contributed by atoms with Crippen LogP contribution in [0.25, 0.3) is 22.4 Å². The van der Waals surface area contributed by atoms with Gasteiger partial charge in [0, 0.05) is 31.5 Å². The Balaban J connectivity index is 1.61. The fourth-order valence-corrected chi connectivity index (χ4v) is 4.06. The summed E-state index contributed by atoms with van der Waals surface area (Å²) in [6.07, 6.45) is 9.54. The maximum Gasteiger partial charge on any atom is 0.211 e. The van der Waals surface area contributed by atoms with Gasteiger partial charge in [0.1, 0.15) is 17.7 Å². The van der Waals surface area contributed by atoms with Gasteiger partial charge in [0.05, 0.1) is 23.7 Å². The zero-order valence-electron chi connectivity index (χ0n) is 14.3. The van der Waals surface area contributed by atoms with Gasteiger partial charge in [0.25, 0.3) is 0 Å². The monoisotopic (exact) mass is 373 g/mol. The Kier molecular flexibility index (Phi) is 4.29. The molecule has 3 aromatic heterocycles. The number of H-pyrrole nitrogens is 1. The lowest BCUT2D eigenvalue weighted by molar-refractivity contribution is 0.329. The summed E-state index contributed by atoms with van der Waals surface area (Å²) in [5.74, 6) is 0.629. The van der Waals surface area contributed by atoms with Crippen LogP contribution in [0.4, 0.5) is 5.82 Å². The first-order valence-corrected chi connectivity index (χ1v) is 10.2. The van der Waals surface area contributed by atoms with E-state index >= 15 is 0 Å². The van der Waals surface area contributed by atoms with Crippen molar-refractivity contribution in [3.63, 3.8) is 0 Å². The van der Waals surface area contributed by atoms with E-state index in [0.29, 0.717) is 24.6 Å². The Morgan fingerprint density at radius 1 is 1.31 bits per heavy atom. The Hall–Kier alpha value is -2.59. The van der Waals surface area contributed by atoms with Gasteiger partial charge in [-0.25, -0.2) is 32.7 Å². The van der Waals surface area contributed by atoms with Crippen molar-refractivity contribution >= 4 is 27.0 Å². The molecule has 0 spiro atoms. The fraction of sp³-hybridized carbons (Fsp3) is 0.375. The topological polar surface area (TPSA) is 117 Å². The third-order valence-electron chi connectivity index (χ3n) is 4.44. The van der Waals surface area contributed by atoms with Crippen LogP contribution >= 0.6 is 0 Å². The summed E-state index contributed by atoms with van der Waals surface area (Å²) in [5.41, 5.74) is 2.88. The molecule has 0 aliphatic carbocycles. The largest absolute Gasteiger partial charge is 0.365 e. The van der Waals surface area contributed by atoms with Crippen molar-refractivity contribution in [2.24, 2.45) is 0 Å². The van der Waals surface area contributed by atoms with Gasteiger partial charge < -0.3 is 10.3 Å². The minimum Gasteiger partial charge on any atom is -0.365 e. The van der Waals surface area contributed by atoms with Crippen LogP contribution in [0.3, 0.4) is 0 Å². The van der Waals surface area contributed by atoms with Crippen molar-refractivity contribution in [1.29, 1.82) is 0 Å².